The molecule has 0 spiro atoms. The molecule has 2 aromatic carbocycles. The quantitative estimate of drug-likeness (QED) is 0.708. The van der Waals surface area contributed by atoms with Crippen LogP contribution < -0.4 is 10.6 Å². The van der Waals surface area contributed by atoms with Gasteiger partial charge in [-0.1, -0.05) is 29.8 Å². The minimum absolute atomic E-state index is 0.0852. The number of anilines is 2. The first-order chi connectivity index (χ1) is 12.5. The van der Waals surface area contributed by atoms with Crippen LogP contribution in [0.1, 0.15) is 21.5 Å². The fourth-order valence-corrected chi connectivity index (χ4v) is 2.32. The normalized spacial score (nSPS) is 10.4. The average molecular weight is 353 g/mol. The fourth-order valence-electron chi connectivity index (χ4n) is 2.32. The van der Waals surface area contributed by atoms with Gasteiger partial charge in [0.25, 0.3) is 5.91 Å². The minimum Gasteiger partial charge on any atom is -0.366 e. The smallest absolute Gasteiger partial charge is 0.257 e. The number of amides is 1. The highest BCUT2D eigenvalue weighted by Gasteiger charge is 2.10. The van der Waals surface area contributed by atoms with Gasteiger partial charge in [-0.3, -0.25) is 4.79 Å². The fraction of sp³-hybridized carbons (Fsp3) is 0.100. The van der Waals surface area contributed by atoms with Gasteiger partial charge in [0.05, 0.1) is 11.3 Å². The number of pyridine rings is 1. The van der Waals surface area contributed by atoms with Crippen LogP contribution in [0.4, 0.5) is 20.3 Å². The number of benzene rings is 2. The largest absolute Gasteiger partial charge is 0.366 e. The summed E-state index contributed by atoms with van der Waals surface area (Å²) in [5.41, 5.74) is 2.50. The Balaban J connectivity index is 1.61. The second-order valence-electron chi connectivity index (χ2n) is 5.85. The minimum atomic E-state index is -0.831. The van der Waals surface area contributed by atoms with Crippen molar-refractivity contribution < 1.29 is 13.6 Å². The van der Waals surface area contributed by atoms with Crippen molar-refractivity contribution in [1.82, 2.24) is 4.98 Å². The van der Waals surface area contributed by atoms with E-state index >= 15 is 0 Å². The number of aromatic nitrogens is 1. The van der Waals surface area contributed by atoms with Crippen LogP contribution in [-0.2, 0) is 6.54 Å². The van der Waals surface area contributed by atoms with Crippen molar-refractivity contribution in [3.05, 3.63) is 89.1 Å². The van der Waals surface area contributed by atoms with E-state index in [1.807, 2.05) is 31.2 Å². The van der Waals surface area contributed by atoms with E-state index < -0.39 is 17.5 Å². The Hall–Kier alpha value is -3.28. The average Bonchev–Trinajstić information content (AvgIpc) is 2.64. The zero-order chi connectivity index (χ0) is 18.5. The molecule has 26 heavy (non-hydrogen) atoms. The van der Waals surface area contributed by atoms with Crippen LogP contribution in [0.15, 0.2) is 60.8 Å². The third-order valence-corrected chi connectivity index (χ3v) is 3.80. The number of rotatable bonds is 5. The second kappa shape index (κ2) is 7.74. The maximum Gasteiger partial charge on any atom is 0.257 e. The van der Waals surface area contributed by atoms with Crippen molar-refractivity contribution in [3.63, 3.8) is 0 Å². The number of carbonyl (C=O) groups is 1. The van der Waals surface area contributed by atoms with Gasteiger partial charge in [-0.05, 0) is 36.8 Å². The number of nitrogens with zero attached hydrogens (tertiary/aromatic N) is 1. The first kappa shape index (κ1) is 17.5. The van der Waals surface area contributed by atoms with Crippen LogP contribution >= 0.6 is 0 Å². The zero-order valence-corrected chi connectivity index (χ0v) is 14.1. The third kappa shape index (κ3) is 4.42. The Morgan fingerprint density at radius 3 is 2.46 bits per heavy atom. The van der Waals surface area contributed by atoms with Gasteiger partial charge in [0.15, 0.2) is 0 Å². The second-order valence-corrected chi connectivity index (χ2v) is 5.85. The highest BCUT2D eigenvalue weighted by molar-refractivity contribution is 6.04. The molecule has 3 rings (SSSR count). The van der Waals surface area contributed by atoms with E-state index in [1.165, 1.54) is 17.8 Å². The number of carbonyl (C=O) groups excluding carboxylic acids is 1. The van der Waals surface area contributed by atoms with Crippen LogP contribution in [0.2, 0.25) is 0 Å². The summed E-state index contributed by atoms with van der Waals surface area (Å²) in [4.78, 5) is 16.3. The molecular formula is C20H17F2N3O. The highest BCUT2D eigenvalue weighted by Crippen LogP contribution is 2.16. The van der Waals surface area contributed by atoms with Gasteiger partial charge in [-0.25, -0.2) is 13.8 Å². The maximum atomic E-state index is 13.6. The Morgan fingerprint density at radius 2 is 1.81 bits per heavy atom. The SMILES string of the molecule is Cc1ccc(CNc2ccc(C(=O)Nc3ccc(F)cc3F)cn2)cc1. The van der Waals surface area contributed by atoms with Crippen molar-refractivity contribution in [2.24, 2.45) is 0 Å². The number of halogens is 2. The molecule has 1 heterocycles. The predicted octanol–water partition coefficient (Wildman–Crippen LogP) is 4.53. The molecule has 2 N–H and O–H groups in total. The Morgan fingerprint density at radius 1 is 1.04 bits per heavy atom. The summed E-state index contributed by atoms with van der Waals surface area (Å²) < 4.78 is 26.5. The topological polar surface area (TPSA) is 54.0 Å². The molecular weight excluding hydrogens is 336 g/mol. The number of aryl methyl sites for hydroxylation is 1. The number of hydrogen-bond acceptors (Lipinski definition) is 3. The lowest BCUT2D eigenvalue weighted by molar-refractivity contribution is 0.102. The summed E-state index contributed by atoms with van der Waals surface area (Å²) in [6, 6.07) is 14.3. The lowest BCUT2D eigenvalue weighted by atomic mass is 10.1. The van der Waals surface area contributed by atoms with Crippen molar-refractivity contribution in [1.29, 1.82) is 0 Å². The molecule has 0 radical (unpaired) electrons. The standard InChI is InChI=1S/C20H17F2N3O/c1-13-2-4-14(5-3-13)11-23-19-9-6-15(12-24-19)20(26)25-18-8-7-16(21)10-17(18)22/h2-10,12H,11H2,1H3,(H,23,24)(H,25,26). The summed E-state index contributed by atoms with van der Waals surface area (Å²) in [7, 11) is 0. The van der Waals surface area contributed by atoms with Gasteiger partial charge in [-0.15, -0.1) is 0 Å². The molecule has 3 aromatic rings. The van der Waals surface area contributed by atoms with Gasteiger partial charge in [0.2, 0.25) is 0 Å². The van der Waals surface area contributed by atoms with Crippen molar-refractivity contribution >= 4 is 17.4 Å². The van der Waals surface area contributed by atoms with Crippen LogP contribution in [-0.4, -0.2) is 10.9 Å². The first-order valence-electron chi connectivity index (χ1n) is 8.03. The van der Waals surface area contributed by atoms with Crippen molar-refractivity contribution in [2.45, 2.75) is 13.5 Å². The van der Waals surface area contributed by atoms with Crippen molar-refractivity contribution in [3.8, 4) is 0 Å². The molecule has 132 valence electrons. The maximum absolute atomic E-state index is 13.6. The van der Waals surface area contributed by atoms with E-state index in [-0.39, 0.29) is 11.3 Å². The molecule has 0 fully saturated rings. The van der Waals surface area contributed by atoms with Crippen LogP contribution in [0.5, 0.6) is 0 Å². The van der Waals surface area contributed by atoms with E-state index in [4.69, 9.17) is 0 Å². The molecule has 1 aromatic heterocycles. The van der Waals surface area contributed by atoms with Gasteiger partial charge < -0.3 is 10.6 Å². The molecule has 0 atom stereocenters. The summed E-state index contributed by atoms with van der Waals surface area (Å²) in [5, 5.41) is 5.56. The van der Waals surface area contributed by atoms with E-state index in [0.29, 0.717) is 18.4 Å². The van der Waals surface area contributed by atoms with Gasteiger partial charge in [0.1, 0.15) is 17.5 Å². The summed E-state index contributed by atoms with van der Waals surface area (Å²) in [5.74, 6) is -1.43. The lowest BCUT2D eigenvalue weighted by Gasteiger charge is -2.08. The first-order valence-corrected chi connectivity index (χ1v) is 8.03. The van der Waals surface area contributed by atoms with Gasteiger partial charge in [-0.2, -0.15) is 0 Å². The van der Waals surface area contributed by atoms with Crippen LogP contribution in [0.3, 0.4) is 0 Å². The molecule has 0 aliphatic carbocycles. The third-order valence-electron chi connectivity index (χ3n) is 3.80. The molecule has 0 saturated carbocycles. The number of hydrogen-bond donors (Lipinski definition) is 2. The molecule has 0 unspecified atom stereocenters. The molecule has 6 heteroatoms. The summed E-state index contributed by atoms with van der Waals surface area (Å²) in [6.07, 6.45) is 1.40. The molecule has 0 bridgehead atoms. The van der Waals surface area contributed by atoms with E-state index in [0.717, 1.165) is 11.6 Å². The van der Waals surface area contributed by atoms with Gasteiger partial charge in [0, 0.05) is 18.8 Å². The Kier molecular flexibility index (Phi) is 5.22. The van der Waals surface area contributed by atoms with E-state index in [9.17, 15) is 13.6 Å². The highest BCUT2D eigenvalue weighted by atomic mass is 19.1. The number of nitrogens with one attached hydrogen (secondary N) is 2. The monoisotopic (exact) mass is 353 g/mol. The molecule has 4 nitrogen and oxygen atoms in total. The summed E-state index contributed by atoms with van der Waals surface area (Å²) >= 11 is 0. The molecule has 0 aliphatic rings. The zero-order valence-electron chi connectivity index (χ0n) is 14.1. The molecule has 1 amide bonds. The predicted molar refractivity (Wildman–Crippen MR) is 97.1 cm³/mol. The summed E-state index contributed by atoms with van der Waals surface area (Å²) in [6.45, 7) is 2.64. The van der Waals surface area contributed by atoms with Crippen LogP contribution in [0, 0.1) is 18.6 Å². The van der Waals surface area contributed by atoms with E-state index in [2.05, 4.69) is 15.6 Å². The Bertz CT molecular complexity index is 909. The molecule has 0 aliphatic heterocycles. The van der Waals surface area contributed by atoms with Crippen LogP contribution in [0.25, 0.3) is 0 Å². The molecule has 0 saturated heterocycles. The van der Waals surface area contributed by atoms with E-state index in [1.54, 1.807) is 12.1 Å². The van der Waals surface area contributed by atoms with Gasteiger partial charge >= 0.3 is 0 Å². The Labute approximate surface area is 149 Å². The van der Waals surface area contributed by atoms with Crippen molar-refractivity contribution in [2.75, 3.05) is 10.6 Å². The lowest BCUT2D eigenvalue weighted by Crippen LogP contribution is -2.13.